The van der Waals surface area contributed by atoms with Crippen LogP contribution in [-0.2, 0) is 11.3 Å². The van der Waals surface area contributed by atoms with Crippen LogP contribution in [0.15, 0.2) is 39.9 Å². The summed E-state index contributed by atoms with van der Waals surface area (Å²) in [5, 5.41) is 9.24. The number of amides is 1. The van der Waals surface area contributed by atoms with E-state index in [0.29, 0.717) is 31.4 Å². The standard InChI is InChI=1S/C20H29N5O2.HI/c1-5-15(3)24-18(26)10-11-22-20(21-4)23-12-17-13-27-19(25-17)16-8-6-14(2)7-9-16;/h6-9,13,15H,5,10-12H2,1-4H3,(H,24,26)(H2,21,22,23);1H. The summed E-state index contributed by atoms with van der Waals surface area (Å²) in [6.45, 7) is 7.07. The molecule has 0 bridgehead atoms. The average molecular weight is 499 g/mol. The maximum absolute atomic E-state index is 11.8. The van der Waals surface area contributed by atoms with Gasteiger partial charge < -0.3 is 20.4 Å². The zero-order valence-corrected chi connectivity index (χ0v) is 19.2. The van der Waals surface area contributed by atoms with E-state index in [1.165, 1.54) is 5.56 Å². The van der Waals surface area contributed by atoms with Gasteiger partial charge in [-0.25, -0.2) is 4.98 Å². The van der Waals surface area contributed by atoms with E-state index in [0.717, 1.165) is 17.7 Å². The molecule has 2 aromatic rings. The monoisotopic (exact) mass is 499 g/mol. The molecule has 0 radical (unpaired) electrons. The van der Waals surface area contributed by atoms with Gasteiger partial charge in [-0.1, -0.05) is 24.6 Å². The van der Waals surface area contributed by atoms with Gasteiger partial charge in [-0.2, -0.15) is 0 Å². The second-order valence-corrected chi connectivity index (χ2v) is 6.49. The van der Waals surface area contributed by atoms with Crippen molar-refractivity contribution in [3.63, 3.8) is 0 Å². The van der Waals surface area contributed by atoms with Crippen LogP contribution < -0.4 is 16.0 Å². The third-order valence-corrected chi connectivity index (χ3v) is 4.18. The summed E-state index contributed by atoms with van der Waals surface area (Å²) in [5.74, 6) is 1.24. The fourth-order valence-electron chi connectivity index (χ4n) is 2.36. The quantitative estimate of drug-likeness (QED) is 0.295. The Hall–Kier alpha value is -2.10. The highest BCUT2D eigenvalue weighted by Crippen LogP contribution is 2.18. The van der Waals surface area contributed by atoms with Crippen molar-refractivity contribution in [1.29, 1.82) is 0 Å². The van der Waals surface area contributed by atoms with Crippen LogP contribution in [0, 0.1) is 6.92 Å². The molecule has 1 amide bonds. The normalized spacial score (nSPS) is 12.1. The molecule has 0 aliphatic rings. The van der Waals surface area contributed by atoms with Crippen LogP contribution in [0.5, 0.6) is 0 Å². The van der Waals surface area contributed by atoms with E-state index < -0.39 is 0 Å². The number of guanidine groups is 1. The van der Waals surface area contributed by atoms with Gasteiger partial charge in [0.15, 0.2) is 5.96 Å². The number of carbonyl (C=O) groups excluding carboxylic acids is 1. The number of aromatic nitrogens is 1. The molecule has 2 rings (SSSR count). The maximum Gasteiger partial charge on any atom is 0.226 e. The van der Waals surface area contributed by atoms with Gasteiger partial charge in [0.1, 0.15) is 6.26 Å². The highest BCUT2D eigenvalue weighted by atomic mass is 127. The molecule has 7 nitrogen and oxygen atoms in total. The van der Waals surface area contributed by atoms with Gasteiger partial charge in [0, 0.05) is 31.6 Å². The first-order valence-electron chi connectivity index (χ1n) is 9.27. The molecule has 0 spiro atoms. The number of aryl methyl sites for hydroxylation is 1. The number of nitrogens with zero attached hydrogens (tertiary/aromatic N) is 2. The number of rotatable bonds is 8. The van der Waals surface area contributed by atoms with Gasteiger partial charge in [-0.3, -0.25) is 9.79 Å². The molecule has 1 heterocycles. The lowest BCUT2D eigenvalue weighted by Gasteiger charge is -2.13. The number of aliphatic imine (C=N–C) groups is 1. The van der Waals surface area contributed by atoms with Crippen LogP contribution in [0.1, 0.15) is 37.9 Å². The van der Waals surface area contributed by atoms with Crippen LogP contribution in [-0.4, -0.2) is 36.5 Å². The smallest absolute Gasteiger partial charge is 0.226 e. The molecule has 0 aliphatic carbocycles. The van der Waals surface area contributed by atoms with Crippen LogP contribution in [0.4, 0.5) is 0 Å². The second-order valence-electron chi connectivity index (χ2n) is 6.49. The van der Waals surface area contributed by atoms with E-state index in [-0.39, 0.29) is 35.9 Å². The molecule has 8 heteroatoms. The lowest BCUT2D eigenvalue weighted by Crippen LogP contribution is -2.40. The molecule has 1 unspecified atom stereocenters. The van der Waals surface area contributed by atoms with Gasteiger partial charge in [0.05, 0.1) is 12.2 Å². The zero-order valence-electron chi connectivity index (χ0n) is 16.9. The molecule has 0 saturated carbocycles. The molecule has 0 saturated heterocycles. The summed E-state index contributed by atoms with van der Waals surface area (Å²) in [4.78, 5) is 20.4. The Bertz CT molecular complexity index is 758. The highest BCUT2D eigenvalue weighted by molar-refractivity contribution is 14.0. The Morgan fingerprint density at radius 1 is 1.25 bits per heavy atom. The number of oxazole rings is 1. The number of nitrogens with one attached hydrogen (secondary N) is 3. The summed E-state index contributed by atoms with van der Waals surface area (Å²) >= 11 is 0. The van der Waals surface area contributed by atoms with E-state index in [4.69, 9.17) is 4.42 Å². The fraction of sp³-hybridized carbons (Fsp3) is 0.450. The Morgan fingerprint density at radius 3 is 2.61 bits per heavy atom. The van der Waals surface area contributed by atoms with Gasteiger partial charge in [0.2, 0.25) is 11.8 Å². The molecule has 1 atom stereocenters. The first-order valence-corrected chi connectivity index (χ1v) is 9.27. The third kappa shape index (κ3) is 7.87. The molecule has 0 fully saturated rings. The maximum atomic E-state index is 11.8. The van der Waals surface area contributed by atoms with Crippen molar-refractivity contribution >= 4 is 35.8 Å². The molecule has 154 valence electrons. The first kappa shape index (κ1) is 23.9. The molecule has 1 aromatic carbocycles. The molecular formula is C20H30IN5O2. The van der Waals surface area contributed by atoms with E-state index in [1.807, 2.05) is 45.0 Å². The molecule has 0 aliphatic heterocycles. The van der Waals surface area contributed by atoms with Gasteiger partial charge in [0.25, 0.3) is 0 Å². The van der Waals surface area contributed by atoms with E-state index in [2.05, 4.69) is 25.9 Å². The second kappa shape index (κ2) is 12.4. The molecular weight excluding hydrogens is 469 g/mol. The fourth-order valence-corrected chi connectivity index (χ4v) is 2.36. The summed E-state index contributed by atoms with van der Waals surface area (Å²) in [7, 11) is 1.69. The van der Waals surface area contributed by atoms with Crippen LogP contribution in [0.2, 0.25) is 0 Å². The first-order chi connectivity index (χ1) is 13.0. The Kier molecular flexibility index (Phi) is 10.6. The van der Waals surface area contributed by atoms with Crippen molar-refractivity contribution in [2.24, 2.45) is 4.99 Å². The van der Waals surface area contributed by atoms with Gasteiger partial charge in [-0.05, 0) is 32.4 Å². The number of hydrogen-bond donors (Lipinski definition) is 3. The molecule has 1 aromatic heterocycles. The predicted molar refractivity (Wildman–Crippen MR) is 123 cm³/mol. The molecule has 28 heavy (non-hydrogen) atoms. The predicted octanol–water partition coefficient (Wildman–Crippen LogP) is 3.24. The summed E-state index contributed by atoms with van der Waals surface area (Å²) in [6.07, 6.45) is 2.95. The van der Waals surface area contributed by atoms with Crippen molar-refractivity contribution < 1.29 is 9.21 Å². The number of hydrogen-bond acceptors (Lipinski definition) is 4. The van der Waals surface area contributed by atoms with E-state index in [9.17, 15) is 4.79 Å². The minimum absolute atomic E-state index is 0. The lowest BCUT2D eigenvalue weighted by molar-refractivity contribution is -0.121. The lowest BCUT2D eigenvalue weighted by atomic mass is 10.1. The minimum atomic E-state index is 0. The number of carbonyl (C=O) groups is 1. The summed E-state index contributed by atoms with van der Waals surface area (Å²) in [5.41, 5.74) is 2.92. The van der Waals surface area contributed by atoms with Crippen molar-refractivity contribution in [2.45, 2.75) is 46.2 Å². The van der Waals surface area contributed by atoms with Crippen molar-refractivity contribution in [3.8, 4) is 11.5 Å². The topological polar surface area (TPSA) is 91.5 Å². The summed E-state index contributed by atoms with van der Waals surface area (Å²) < 4.78 is 5.55. The average Bonchev–Trinajstić information content (AvgIpc) is 3.13. The van der Waals surface area contributed by atoms with Crippen molar-refractivity contribution in [2.75, 3.05) is 13.6 Å². The summed E-state index contributed by atoms with van der Waals surface area (Å²) in [6, 6.07) is 8.23. The zero-order chi connectivity index (χ0) is 19.6. The number of halogens is 1. The van der Waals surface area contributed by atoms with Crippen molar-refractivity contribution in [1.82, 2.24) is 20.9 Å². The van der Waals surface area contributed by atoms with Crippen LogP contribution in [0.25, 0.3) is 11.5 Å². The Balaban J connectivity index is 0.00000392. The van der Waals surface area contributed by atoms with Crippen molar-refractivity contribution in [3.05, 3.63) is 41.8 Å². The van der Waals surface area contributed by atoms with Crippen LogP contribution >= 0.6 is 24.0 Å². The van der Waals surface area contributed by atoms with E-state index in [1.54, 1.807) is 13.3 Å². The largest absolute Gasteiger partial charge is 0.444 e. The Morgan fingerprint density at radius 2 is 1.96 bits per heavy atom. The minimum Gasteiger partial charge on any atom is -0.444 e. The van der Waals surface area contributed by atoms with Gasteiger partial charge >= 0.3 is 0 Å². The SMILES string of the molecule is CCC(C)NC(=O)CCNC(=NC)NCc1coc(-c2ccc(C)cc2)n1.I. The number of benzene rings is 1. The Labute approximate surface area is 183 Å². The van der Waals surface area contributed by atoms with Gasteiger partial charge in [-0.15, -0.1) is 24.0 Å². The third-order valence-electron chi connectivity index (χ3n) is 4.18. The van der Waals surface area contributed by atoms with Crippen LogP contribution in [0.3, 0.4) is 0 Å². The van der Waals surface area contributed by atoms with E-state index >= 15 is 0 Å². The highest BCUT2D eigenvalue weighted by Gasteiger charge is 2.08. The molecule has 3 N–H and O–H groups in total.